The van der Waals surface area contributed by atoms with Crippen LogP contribution in [0.3, 0.4) is 0 Å². The molecular formula is C12H10BrFINO. The Morgan fingerprint density at radius 2 is 2.18 bits per heavy atom. The molecule has 90 valence electrons. The van der Waals surface area contributed by atoms with Crippen molar-refractivity contribution in [3.8, 4) is 0 Å². The van der Waals surface area contributed by atoms with Gasteiger partial charge < -0.3 is 9.73 Å². The molecule has 2 nitrogen and oxygen atoms in total. The number of nitrogens with one attached hydrogen (secondary N) is 1. The zero-order valence-electron chi connectivity index (χ0n) is 9.06. The SMILES string of the molecule is Cc1cc(Br)c(F)cc1NCc1ccc(I)o1. The third-order valence-electron chi connectivity index (χ3n) is 2.35. The summed E-state index contributed by atoms with van der Waals surface area (Å²) in [7, 11) is 0. The fourth-order valence-corrected chi connectivity index (χ4v) is 2.39. The van der Waals surface area contributed by atoms with Crippen LogP contribution >= 0.6 is 38.5 Å². The highest BCUT2D eigenvalue weighted by Crippen LogP contribution is 2.24. The lowest BCUT2D eigenvalue weighted by Gasteiger charge is -2.09. The molecule has 0 atom stereocenters. The van der Waals surface area contributed by atoms with Gasteiger partial charge in [-0.25, -0.2) is 4.39 Å². The van der Waals surface area contributed by atoms with Crippen molar-refractivity contribution >= 4 is 44.2 Å². The smallest absolute Gasteiger partial charge is 0.164 e. The van der Waals surface area contributed by atoms with Crippen molar-refractivity contribution in [1.82, 2.24) is 0 Å². The van der Waals surface area contributed by atoms with Crippen LogP contribution in [0, 0.1) is 16.5 Å². The molecule has 17 heavy (non-hydrogen) atoms. The molecule has 0 spiro atoms. The summed E-state index contributed by atoms with van der Waals surface area (Å²) in [4.78, 5) is 0. The molecule has 0 bridgehead atoms. The topological polar surface area (TPSA) is 25.2 Å². The molecule has 0 saturated carbocycles. The van der Waals surface area contributed by atoms with Crippen LogP contribution in [0.4, 0.5) is 10.1 Å². The molecule has 0 saturated heterocycles. The molecule has 5 heteroatoms. The van der Waals surface area contributed by atoms with Crippen molar-refractivity contribution in [2.24, 2.45) is 0 Å². The van der Waals surface area contributed by atoms with Crippen molar-refractivity contribution in [3.63, 3.8) is 0 Å². The molecule has 0 unspecified atom stereocenters. The fraction of sp³-hybridized carbons (Fsp3) is 0.167. The summed E-state index contributed by atoms with van der Waals surface area (Å²) in [6.07, 6.45) is 0. The quantitative estimate of drug-likeness (QED) is 0.743. The number of hydrogen-bond acceptors (Lipinski definition) is 2. The largest absolute Gasteiger partial charge is 0.454 e. The number of aryl methyl sites for hydroxylation is 1. The van der Waals surface area contributed by atoms with E-state index in [1.165, 1.54) is 6.07 Å². The van der Waals surface area contributed by atoms with Crippen molar-refractivity contribution in [2.75, 3.05) is 5.32 Å². The molecule has 0 fully saturated rings. The first-order valence-electron chi connectivity index (χ1n) is 5.00. The summed E-state index contributed by atoms with van der Waals surface area (Å²) in [5, 5.41) is 3.15. The van der Waals surface area contributed by atoms with Crippen molar-refractivity contribution in [2.45, 2.75) is 13.5 Å². The van der Waals surface area contributed by atoms with Gasteiger partial charge in [0.25, 0.3) is 0 Å². The summed E-state index contributed by atoms with van der Waals surface area (Å²) >= 11 is 5.27. The maximum absolute atomic E-state index is 13.4. The second-order valence-electron chi connectivity index (χ2n) is 3.64. The second-order valence-corrected chi connectivity index (χ2v) is 5.56. The summed E-state index contributed by atoms with van der Waals surface area (Å²) in [6, 6.07) is 7.03. The van der Waals surface area contributed by atoms with E-state index >= 15 is 0 Å². The fourth-order valence-electron chi connectivity index (χ4n) is 1.47. The molecule has 1 aromatic carbocycles. The average Bonchev–Trinajstić information content (AvgIpc) is 2.68. The van der Waals surface area contributed by atoms with Crippen molar-refractivity contribution in [3.05, 3.63) is 49.6 Å². The summed E-state index contributed by atoms with van der Waals surface area (Å²) < 4.78 is 20.1. The molecule has 1 aromatic heterocycles. The molecule has 2 aromatic rings. The van der Waals surface area contributed by atoms with Gasteiger partial charge in [0, 0.05) is 5.69 Å². The van der Waals surface area contributed by atoms with E-state index in [9.17, 15) is 4.39 Å². The average molecular weight is 410 g/mol. The molecule has 0 aliphatic carbocycles. The van der Waals surface area contributed by atoms with Gasteiger partial charge in [-0.15, -0.1) is 0 Å². The van der Waals surface area contributed by atoms with Crippen LogP contribution in [-0.4, -0.2) is 0 Å². The predicted molar refractivity (Wildman–Crippen MR) is 77.6 cm³/mol. The number of anilines is 1. The second kappa shape index (κ2) is 5.39. The van der Waals surface area contributed by atoms with Gasteiger partial charge in [0.15, 0.2) is 3.77 Å². The lowest BCUT2D eigenvalue weighted by atomic mass is 10.2. The van der Waals surface area contributed by atoms with Crippen LogP contribution in [0.15, 0.2) is 33.2 Å². The minimum atomic E-state index is -0.271. The monoisotopic (exact) mass is 409 g/mol. The normalized spacial score (nSPS) is 10.6. The molecule has 2 rings (SSSR count). The summed E-state index contributed by atoms with van der Waals surface area (Å²) in [6.45, 7) is 2.48. The summed E-state index contributed by atoms with van der Waals surface area (Å²) in [5.74, 6) is 0.559. The Morgan fingerprint density at radius 1 is 1.41 bits per heavy atom. The Kier molecular flexibility index (Phi) is 4.09. The van der Waals surface area contributed by atoms with E-state index in [-0.39, 0.29) is 5.82 Å². The van der Waals surface area contributed by atoms with Crippen LogP contribution in [0.5, 0.6) is 0 Å². The first-order valence-corrected chi connectivity index (χ1v) is 6.87. The lowest BCUT2D eigenvalue weighted by Crippen LogP contribution is -2.00. The molecule has 0 amide bonds. The maximum atomic E-state index is 13.4. The molecule has 0 aliphatic heterocycles. The number of rotatable bonds is 3. The Bertz CT molecular complexity index is 541. The zero-order chi connectivity index (χ0) is 12.4. The van der Waals surface area contributed by atoms with Gasteiger partial charge in [0.1, 0.15) is 11.6 Å². The third kappa shape index (κ3) is 3.22. The van der Waals surface area contributed by atoms with E-state index in [2.05, 4.69) is 43.8 Å². The first-order chi connectivity index (χ1) is 8.06. The number of furan rings is 1. The third-order valence-corrected chi connectivity index (χ3v) is 3.54. The molecule has 1 heterocycles. The van der Waals surface area contributed by atoms with E-state index < -0.39 is 0 Å². The molecule has 0 aliphatic rings. The molecular weight excluding hydrogens is 400 g/mol. The Hall–Kier alpha value is -0.560. The Balaban J connectivity index is 2.11. The minimum Gasteiger partial charge on any atom is -0.454 e. The van der Waals surface area contributed by atoms with E-state index in [0.29, 0.717) is 11.0 Å². The van der Waals surface area contributed by atoms with Crippen LogP contribution in [0.2, 0.25) is 0 Å². The van der Waals surface area contributed by atoms with Gasteiger partial charge in [-0.2, -0.15) is 0 Å². The van der Waals surface area contributed by atoms with Crippen LogP contribution in [0.1, 0.15) is 11.3 Å². The van der Waals surface area contributed by atoms with Crippen LogP contribution in [-0.2, 0) is 6.54 Å². The van der Waals surface area contributed by atoms with Gasteiger partial charge in [-0.1, -0.05) is 0 Å². The zero-order valence-corrected chi connectivity index (χ0v) is 12.8. The number of halogens is 3. The van der Waals surface area contributed by atoms with E-state index in [0.717, 1.165) is 20.8 Å². The number of benzene rings is 1. The molecule has 0 radical (unpaired) electrons. The maximum Gasteiger partial charge on any atom is 0.164 e. The lowest BCUT2D eigenvalue weighted by molar-refractivity contribution is 0.492. The first kappa shape index (κ1) is 12.9. The molecule has 1 N–H and O–H groups in total. The van der Waals surface area contributed by atoms with Gasteiger partial charge in [-0.3, -0.25) is 0 Å². The van der Waals surface area contributed by atoms with Crippen molar-refractivity contribution < 1.29 is 8.81 Å². The standard InChI is InChI=1S/C12H10BrFINO/c1-7-4-9(13)10(14)5-11(7)16-6-8-2-3-12(15)17-8/h2-5,16H,6H2,1H3. The highest BCUT2D eigenvalue weighted by molar-refractivity contribution is 14.1. The van der Waals surface area contributed by atoms with E-state index in [1.807, 2.05) is 19.1 Å². The Labute approximate surface area is 121 Å². The van der Waals surface area contributed by atoms with Crippen LogP contribution in [0.25, 0.3) is 0 Å². The van der Waals surface area contributed by atoms with Crippen LogP contribution < -0.4 is 5.32 Å². The number of hydrogen-bond donors (Lipinski definition) is 1. The van der Waals surface area contributed by atoms with Gasteiger partial charge in [0.2, 0.25) is 0 Å². The van der Waals surface area contributed by atoms with Gasteiger partial charge in [0.05, 0.1) is 11.0 Å². The van der Waals surface area contributed by atoms with Crippen molar-refractivity contribution in [1.29, 1.82) is 0 Å². The minimum absolute atomic E-state index is 0.271. The van der Waals surface area contributed by atoms with E-state index in [4.69, 9.17) is 4.42 Å². The Morgan fingerprint density at radius 3 is 2.82 bits per heavy atom. The van der Waals surface area contributed by atoms with Gasteiger partial charge in [-0.05, 0) is 75.3 Å². The van der Waals surface area contributed by atoms with E-state index in [1.54, 1.807) is 6.07 Å². The highest BCUT2D eigenvalue weighted by atomic mass is 127. The van der Waals surface area contributed by atoms with Gasteiger partial charge >= 0.3 is 0 Å². The predicted octanol–water partition coefficient (Wildman–Crippen LogP) is 4.71. The summed E-state index contributed by atoms with van der Waals surface area (Å²) in [5.41, 5.74) is 1.76. The highest BCUT2D eigenvalue weighted by Gasteiger charge is 2.06.